The third-order valence-corrected chi connectivity index (χ3v) is 7.25. The van der Waals surface area contributed by atoms with E-state index in [0.29, 0.717) is 41.9 Å². The molecule has 0 spiro atoms. The fraction of sp³-hybridized carbons (Fsp3) is 0.619. The highest BCUT2D eigenvalue weighted by atomic mass is 16.6. The van der Waals surface area contributed by atoms with E-state index in [2.05, 4.69) is 20.8 Å². The lowest BCUT2D eigenvalue weighted by atomic mass is 9.44. The minimum atomic E-state index is -0.564. The lowest BCUT2D eigenvalue weighted by molar-refractivity contribution is -0.233. The summed E-state index contributed by atoms with van der Waals surface area (Å²) in [6, 6.07) is 9.16. The Labute approximate surface area is 143 Å². The highest BCUT2D eigenvalue weighted by molar-refractivity contribution is 5.92. The van der Waals surface area contributed by atoms with E-state index in [1.807, 2.05) is 18.2 Å². The second-order valence-corrected chi connectivity index (χ2v) is 8.48. The van der Waals surface area contributed by atoms with E-state index in [-0.39, 0.29) is 17.3 Å². The zero-order valence-electron chi connectivity index (χ0n) is 14.7. The Morgan fingerprint density at radius 3 is 2.58 bits per heavy atom. The van der Waals surface area contributed by atoms with E-state index in [0.717, 1.165) is 12.8 Å². The second-order valence-electron chi connectivity index (χ2n) is 8.48. The highest BCUT2D eigenvalue weighted by Crippen LogP contribution is 2.74. The van der Waals surface area contributed by atoms with Crippen LogP contribution < -0.4 is 0 Å². The Hall–Kier alpha value is -1.64. The van der Waals surface area contributed by atoms with Crippen LogP contribution in [0, 0.1) is 29.1 Å². The number of ether oxygens (including phenoxy) is 1. The fourth-order valence-electron chi connectivity index (χ4n) is 6.09. The van der Waals surface area contributed by atoms with E-state index in [1.165, 1.54) is 0 Å². The van der Waals surface area contributed by atoms with Crippen molar-refractivity contribution in [2.24, 2.45) is 29.1 Å². The van der Waals surface area contributed by atoms with Crippen molar-refractivity contribution in [3.05, 3.63) is 35.9 Å². The maximum Gasteiger partial charge on any atom is 0.338 e. The lowest BCUT2D eigenvalue weighted by Crippen LogP contribution is -2.69. The molecule has 3 nitrogen and oxygen atoms in total. The summed E-state index contributed by atoms with van der Waals surface area (Å²) in [5.74, 6) is 1.49. The zero-order chi connectivity index (χ0) is 17.1. The largest absolute Gasteiger partial charge is 0.454 e. The van der Waals surface area contributed by atoms with Crippen LogP contribution in [0.15, 0.2) is 30.3 Å². The molecule has 0 aromatic heterocycles. The van der Waals surface area contributed by atoms with Crippen molar-refractivity contribution in [1.82, 2.24) is 0 Å². The van der Waals surface area contributed by atoms with E-state index >= 15 is 0 Å². The van der Waals surface area contributed by atoms with Crippen LogP contribution >= 0.6 is 0 Å². The average molecular weight is 326 g/mol. The summed E-state index contributed by atoms with van der Waals surface area (Å²) < 4.78 is 6.14. The van der Waals surface area contributed by atoms with Gasteiger partial charge in [-0.05, 0) is 49.1 Å². The number of ketones is 1. The van der Waals surface area contributed by atoms with Crippen molar-refractivity contribution in [2.75, 3.05) is 0 Å². The molecule has 3 saturated carbocycles. The lowest BCUT2D eigenvalue weighted by Gasteiger charge is -2.63. The molecule has 3 fully saturated rings. The molecule has 5 atom stereocenters. The number of rotatable bonds is 3. The van der Waals surface area contributed by atoms with Gasteiger partial charge in [0.05, 0.1) is 11.5 Å². The Morgan fingerprint density at radius 2 is 1.92 bits per heavy atom. The van der Waals surface area contributed by atoms with Crippen LogP contribution in [0.5, 0.6) is 0 Å². The first-order chi connectivity index (χ1) is 11.4. The highest BCUT2D eigenvalue weighted by Gasteiger charge is 2.79. The predicted octanol–water partition coefficient (Wildman–Crippen LogP) is 4.26. The monoisotopic (exact) mass is 326 g/mol. The van der Waals surface area contributed by atoms with Gasteiger partial charge >= 0.3 is 5.97 Å². The maximum atomic E-state index is 12.7. The van der Waals surface area contributed by atoms with Gasteiger partial charge in [0.2, 0.25) is 0 Å². The van der Waals surface area contributed by atoms with Gasteiger partial charge in [-0.1, -0.05) is 39.0 Å². The number of benzene rings is 1. The van der Waals surface area contributed by atoms with Gasteiger partial charge in [-0.3, -0.25) is 4.79 Å². The van der Waals surface area contributed by atoms with Gasteiger partial charge < -0.3 is 4.74 Å². The molecule has 1 aromatic carbocycles. The molecule has 4 rings (SSSR count). The molecule has 3 aliphatic carbocycles. The zero-order valence-corrected chi connectivity index (χ0v) is 14.7. The summed E-state index contributed by atoms with van der Waals surface area (Å²) in [7, 11) is 0. The van der Waals surface area contributed by atoms with Gasteiger partial charge in [0.15, 0.2) is 0 Å². The SMILES string of the molecule is CC(C)[C@H]1CC[C@@]2(C)[C@@H]1[C@@H]1C(=O)CC[C@@]12OC(=O)c1ccccc1. The van der Waals surface area contributed by atoms with Gasteiger partial charge in [0.1, 0.15) is 11.4 Å². The molecule has 24 heavy (non-hydrogen) atoms. The molecule has 0 bridgehead atoms. The minimum absolute atomic E-state index is 0.0385. The topological polar surface area (TPSA) is 43.4 Å². The number of esters is 1. The molecular weight excluding hydrogens is 300 g/mol. The predicted molar refractivity (Wildman–Crippen MR) is 91.5 cm³/mol. The van der Waals surface area contributed by atoms with Crippen LogP contribution in [0.1, 0.15) is 56.8 Å². The molecule has 0 amide bonds. The van der Waals surface area contributed by atoms with Crippen molar-refractivity contribution in [3.63, 3.8) is 0 Å². The summed E-state index contributed by atoms with van der Waals surface area (Å²) in [5.41, 5.74) is -0.0236. The smallest absolute Gasteiger partial charge is 0.338 e. The first kappa shape index (κ1) is 15.9. The third kappa shape index (κ3) is 1.84. The van der Waals surface area contributed by atoms with Crippen molar-refractivity contribution in [1.29, 1.82) is 0 Å². The normalized spacial score (nSPS) is 40.2. The molecule has 0 heterocycles. The summed E-state index contributed by atoms with van der Waals surface area (Å²) >= 11 is 0. The van der Waals surface area contributed by atoms with Gasteiger partial charge in [-0.25, -0.2) is 4.79 Å². The Bertz CT molecular complexity index is 680. The Morgan fingerprint density at radius 1 is 1.21 bits per heavy atom. The summed E-state index contributed by atoms with van der Waals surface area (Å²) in [6.07, 6.45) is 3.47. The molecule has 3 heteroatoms. The van der Waals surface area contributed by atoms with Crippen LogP contribution in [0.2, 0.25) is 0 Å². The second kappa shape index (κ2) is 5.18. The van der Waals surface area contributed by atoms with Crippen LogP contribution in [0.25, 0.3) is 0 Å². The summed E-state index contributed by atoms with van der Waals surface area (Å²) in [4.78, 5) is 25.3. The molecule has 0 unspecified atom stereocenters. The summed E-state index contributed by atoms with van der Waals surface area (Å²) in [5, 5.41) is 0. The van der Waals surface area contributed by atoms with Crippen LogP contribution in [0.4, 0.5) is 0 Å². The van der Waals surface area contributed by atoms with Gasteiger partial charge in [0.25, 0.3) is 0 Å². The number of carbonyl (C=O) groups is 2. The Kier molecular flexibility index (Phi) is 3.42. The van der Waals surface area contributed by atoms with Crippen molar-refractivity contribution < 1.29 is 14.3 Å². The first-order valence-electron chi connectivity index (χ1n) is 9.22. The number of hydrogen-bond acceptors (Lipinski definition) is 3. The molecule has 0 aliphatic heterocycles. The van der Waals surface area contributed by atoms with Crippen molar-refractivity contribution >= 4 is 11.8 Å². The molecule has 0 saturated heterocycles. The minimum Gasteiger partial charge on any atom is -0.454 e. The van der Waals surface area contributed by atoms with Crippen LogP contribution in [0.3, 0.4) is 0 Å². The molecule has 3 aliphatic rings. The number of Topliss-reactive ketones (excluding diaryl/α,β-unsaturated/α-hetero) is 1. The molecule has 0 radical (unpaired) electrons. The molecular formula is C21H26O3. The quantitative estimate of drug-likeness (QED) is 0.779. The van der Waals surface area contributed by atoms with E-state index in [1.54, 1.807) is 12.1 Å². The number of fused-ring (bicyclic) bond motifs is 4. The van der Waals surface area contributed by atoms with Crippen LogP contribution in [-0.4, -0.2) is 17.4 Å². The van der Waals surface area contributed by atoms with E-state index < -0.39 is 5.60 Å². The number of hydrogen-bond donors (Lipinski definition) is 0. The van der Waals surface area contributed by atoms with Crippen LogP contribution in [-0.2, 0) is 9.53 Å². The van der Waals surface area contributed by atoms with E-state index in [4.69, 9.17) is 4.74 Å². The molecule has 0 N–H and O–H groups in total. The van der Waals surface area contributed by atoms with Gasteiger partial charge in [-0.2, -0.15) is 0 Å². The average Bonchev–Trinajstić information content (AvgIpc) is 3.03. The summed E-state index contributed by atoms with van der Waals surface area (Å²) in [6.45, 7) is 6.77. The standard InChI is InChI=1S/C21H26O3/c1-13(2)15-9-11-20(3)17(15)18-16(22)10-12-21(18,20)24-19(23)14-7-5-4-6-8-14/h4-8,13,15,17-18H,9-12H2,1-3H3/t15-,17+,18+,20+,21-/m1/s1. The molecule has 1 aromatic rings. The van der Waals surface area contributed by atoms with Crippen molar-refractivity contribution in [3.8, 4) is 0 Å². The third-order valence-electron chi connectivity index (χ3n) is 7.25. The Balaban J connectivity index is 1.67. The first-order valence-corrected chi connectivity index (χ1v) is 9.22. The maximum absolute atomic E-state index is 12.7. The van der Waals surface area contributed by atoms with Gasteiger partial charge in [-0.15, -0.1) is 0 Å². The molecule has 128 valence electrons. The fourth-order valence-corrected chi connectivity index (χ4v) is 6.09. The van der Waals surface area contributed by atoms with Gasteiger partial charge in [0, 0.05) is 11.8 Å². The van der Waals surface area contributed by atoms with Crippen molar-refractivity contribution in [2.45, 2.75) is 52.1 Å². The number of carbonyl (C=O) groups excluding carboxylic acids is 2. The van der Waals surface area contributed by atoms with E-state index in [9.17, 15) is 9.59 Å².